The van der Waals surface area contributed by atoms with E-state index >= 15 is 0 Å². The minimum atomic E-state index is -0.224. The highest BCUT2D eigenvalue weighted by molar-refractivity contribution is 6.99. The van der Waals surface area contributed by atoms with Gasteiger partial charge in [-0.2, -0.15) is 8.75 Å². The summed E-state index contributed by atoms with van der Waals surface area (Å²) in [5.74, 6) is -0.224. The summed E-state index contributed by atoms with van der Waals surface area (Å²) in [4.78, 5) is 11.6. The van der Waals surface area contributed by atoms with Crippen LogP contribution in [0.15, 0.2) is 30.5 Å². The molecule has 1 heterocycles. The van der Waals surface area contributed by atoms with Gasteiger partial charge >= 0.3 is 0 Å². The predicted molar refractivity (Wildman–Crippen MR) is 59.0 cm³/mol. The Balaban J connectivity index is 2.17. The molecule has 0 radical (unpaired) electrons. The highest BCUT2D eigenvalue weighted by atomic mass is 32.1. The lowest BCUT2D eigenvalue weighted by molar-refractivity contribution is 0.102. The predicted octanol–water partition coefficient (Wildman–Crippen LogP) is 2.10. The number of para-hydroxylation sites is 1. The molecule has 0 aliphatic carbocycles. The molecule has 4 nitrogen and oxygen atoms in total. The summed E-state index contributed by atoms with van der Waals surface area (Å²) in [6.45, 7) is 1.94. The normalized spacial score (nSPS) is 9.93. The molecule has 0 saturated carbocycles. The van der Waals surface area contributed by atoms with Crippen LogP contribution in [-0.2, 0) is 0 Å². The van der Waals surface area contributed by atoms with Crippen LogP contribution >= 0.6 is 11.7 Å². The molecule has 1 aromatic carbocycles. The molecular weight excluding hydrogens is 210 g/mol. The highest BCUT2D eigenvalue weighted by Crippen LogP contribution is 2.13. The standard InChI is InChI=1S/C10H9N3OS/c1-7-4-2-3-5-8(7)12-10(14)9-6-11-15-13-9/h2-6H,1H3,(H,12,14). The van der Waals surface area contributed by atoms with E-state index < -0.39 is 0 Å². The van der Waals surface area contributed by atoms with Crippen LogP contribution in [0.2, 0.25) is 0 Å². The van der Waals surface area contributed by atoms with Gasteiger partial charge in [-0.25, -0.2) is 0 Å². The van der Waals surface area contributed by atoms with E-state index in [1.165, 1.54) is 6.20 Å². The second-order valence-corrected chi connectivity index (χ2v) is 3.62. The zero-order valence-electron chi connectivity index (χ0n) is 8.10. The average molecular weight is 219 g/mol. The Morgan fingerprint density at radius 3 is 2.87 bits per heavy atom. The Morgan fingerprint density at radius 1 is 1.40 bits per heavy atom. The zero-order valence-corrected chi connectivity index (χ0v) is 8.91. The van der Waals surface area contributed by atoms with Crippen molar-refractivity contribution in [1.82, 2.24) is 8.75 Å². The molecule has 0 saturated heterocycles. The lowest BCUT2D eigenvalue weighted by Crippen LogP contribution is -2.12. The van der Waals surface area contributed by atoms with Crippen molar-refractivity contribution in [2.24, 2.45) is 0 Å². The molecule has 5 heteroatoms. The van der Waals surface area contributed by atoms with Gasteiger partial charge in [0.2, 0.25) is 0 Å². The Hall–Kier alpha value is -1.75. The van der Waals surface area contributed by atoms with E-state index in [9.17, 15) is 4.79 Å². The summed E-state index contributed by atoms with van der Waals surface area (Å²) in [5, 5.41) is 2.78. The molecule has 1 N–H and O–H groups in total. The topological polar surface area (TPSA) is 54.9 Å². The van der Waals surface area contributed by atoms with E-state index in [2.05, 4.69) is 14.1 Å². The van der Waals surface area contributed by atoms with Crippen LogP contribution in [0, 0.1) is 6.92 Å². The van der Waals surface area contributed by atoms with Crippen molar-refractivity contribution in [2.45, 2.75) is 6.92 Å². The number of nitrogens with one attached hydrogen (secondary N) is 1. The Bertz CT molecular complexity index is 467. The molecule has 1 aromatic heterocycles. The maximum atomic E-state index is 11.6. The number of hydrogen-bond donors (Lipinski definition) is 1. The minimum absolute atomic E-state index is 0.224. The molecule has 0 aliphatic rings. The van der Waals surface area contributed by atoms with E-state index in [4.69, 9.17) is 0 Å². The molecule has 15 heavy (non-hydrogen) atoms. The third-order valence-electron chi connectivity index (χ3n) is 1.99. The summed E-state index contributed by atoms with van der Waals surface area (Å²) in [6, 6.07) is 7.60. The van der Waals surface area contributed by atoms with Crippen molar-refractivity contribution in [3.8, 4) is 0 Å². The number of nitrogens with zero attached hydrogens (tertiary/aromatic N) is 2. The van der Waals surface area contributed by atoms with Gasteiger partial charge in [0.25, 0.3) is 5.91 Å². The van der Waals surface area contributed by atoms with Crippen molar-refractivity contribution in [1.29, 1.82) is 0 Å². The van der Waals surface area contributed by atoms with Gasteiger partial charge < -0.3 is 5.32 Å². The van der Waals surface area contributed by atoms with Crippen molar-refractivity contribution >= 4 is 23.3 Å². The monoisotopic (exact) mass is 219 g/mol. The fourth-order valence-corrected chi connectivity index (χ4v) is 1.58. The summed E-state index contributed by atoms with van der Waals surface area (Å²) < 4.78 is 7.64. The maximum absolute atomic E-state index is 11.6. The van der Waals surface area contributed by atoms with Gasteiger partial charge in [-0.3, -0.25) is 4.79 Å². The molecule has 2 rings (SSSR count). The van der Waals surface area contributed by atoms with Gasteiger partial charge in [-0.05, 0) is 18.6 Å². The first-order valence-corrected chi connectivity index (χ1v) is 5.15. The van der Waals surface area contributed by atoms with Crippen molar-refractivity contribution < 1.29 is 4.79 Å². The van der Waals surface area contributed by atoms with Gasteiger partial charge in [-0.15, -0.1) is 0 Å². The number of aryl methyl sites for hydroxylation is 1. The average Bonchev–Trinajstić information content (AvgIpc) is 2.74. The smallest absolute Gasteiger partial charge is 0.277 e. The van der Waals surface area contributed by atoms with Crippen molar-refractivity contribution in [2.75, 3.05) is 5.32 Å². The summed E-state index contributed by atoms with van der Waals surface area (Å²) >= 11 is 1.02. The van der Waals surface area contributed by atoms with Crippen LogP contribution in [0.3, 0.4) is 0 Å². The molecule has 76 valence electrons. The second-order valence-electron chi connectivity index (χ2n) is 3.06. The number of carbonyl (C=O) groups excluding carboxylic acids is 1. The molecule has 0 aliphatic heterocycles. The van der Waals surface area contributed by atoms with Crippen molar-refractivity contribution in [3.05, 3.63) is 41.7 Å². The Kier molecular flexibility index (Phi) is 2.73. The zero-order chi connectivity index (χ0) is 10.7. The Morgan fingerprint density at radius 2 is 2.20 bits per heavy atom. The second kappa shape index (κ2) is 4.18. The van der Waals surface area contributed by atoms with Gasteiger partial charge in [-0.1, -0.05) is 18.2 Å². The van der Waals surface area contributed by atoms with Gasteiger partial charge in [0, 0.05) is 5.69 Å². The van der Waals surface area contributed by atoms with E-state index in [0.29, 0.717) is 5.69 Å². The fraction of sp³-hybridized carbons (Fsp3) is 0.100. The van der Waals surface area contributed by atoms with Crippen LogP contribution in [0.4, 0.5) is 5.69 Å². The summed E-state index contributed by atoms with van der Waals surface area (Å²) in [7, 11) is 0. The molecule has 0 unspecified atom stereocenters. The highest BCUT2D eigenvalue weighted by Gasteiger charge is 2.09. The lowest BCUT2D eigenvalue weighted by Gasteiger charge is -2.05. The van der Waals surface area contributed by atoms with E-state index in [1.54, 1.807) is 0 Å². The van der Waals surface area contributed by atoms with Gasteiger partial charge in [0.05, 0.1) is 17.9 Å². The summed E-state index contributed by atoms with van der Waals surface area (Å²) in [6.07, 6.45) is 1.46. The number of carbonyl (C=O) groups is 1. The van der Waals surface area contributed by atoms with Crippen molar-refractivity contribution in [3.63, 3.8) is 0 Å². The fourth-order valence-electron chi connectivity index (χ4n) is 1.16. The number of rotatable bonds is 2. The SMILES string of the molecule is Cc1ccccc1NC(=O)c1cnsn1. The molecule has 0 bridgehead atoms. The maximum Gasteiger partial charge on any atom is 0.277 e. The first-order valence-electron chi connectivity index (χ1n) is 4.42. The molecule has 0 fully saturated rings. The van der Waals surface area contributed by atoms with Crippen LogP contribution in [-0.4, -0.2) is 14.7 Å². The van der Waals surface area contributed by atoms with Crippen LogP contribution < -0.4 is 5.32 Å². The van der Waals surface area contributed by atoms with Crippen LogP contribution in [0.5, 0.6) is 0 Å². The van der Waals surface area contributed by atoms with E-state index in [-0.39, 0.29) is 5.91 Å². The van der Waals surface area contributed by atoms with Crippen LogP contribution in [0.1, 0.15) is 16.1 Å². The third kappa shape index (κ3) is 2.19. The summed E-state index contributed by atoms with van der Waals surface area (Å²) in [5.41, 5.74) is 2.17. The quantitative estimate of drug-likeness (QED) is 0.841. The minimum Gasteiger partial charge on any atom is -0.320 e. The number of aromatic nitrogens is 2. The molecule has 2 aromatic rings. The van der Waals surface area contributed by atoms with Gasteiger partial charge in [0.1, 0.15) is 0 Å². The van der Waals surface area contributed by atoms with Crippen LogP contribution in [0.25, 0.3) is 0 Å². The van der Waals surface area contributed by atoms with E-state index in [1.807, 2.05) is 31.2 Å². The first-order chi connectivity index (χ1) is 7.27. The number of amides is 1. The lowest BCUT2D eigenvalue weighted by atomic mass is 10.2. The molecule has 1 amide bonds. The number of hydrogen-bond acceptors (Lipinski definition) is 4. The number of anilines is 1. The Labute approximate surface area is 91.3 Å². The largest absolute Gasteiger partial charge is 0.320 e. The molecular formula is C10H9N3OS. The third-order valence-corrected chi connectivity index (χ3v) is 2.47. The molecule has 0 spiro atoms. The van der Waals surface area contributed by atoms with Gasteiger partial charge in [0.15, 0.2) is 5.69 Å². The molecule has 0 atom stereocenters. The number of benzene rings is 1. The first kappa shape index (κ1) is 9.79. The van der Waals surface area contributed by atoms with E-state index in [0.717, 1.165) is 23.0 Å².